The van der Waals surface area contributed by atoms with Crippen molar-refractivity contribution in [3.63, 3.8) is 0 Å². The number of carbonyl (C=O) groups excluding carboxylic acids is 1. The van der Waals surface area contributed by atoms with Crippen LogP contribution in [0.2, 0.25) is 5.02 Å². The van der Waals surface area contributed by atoms with Crippen LogP contribution in [-0.2, 0) is 14.8 Å². The summed E-state index contributed by atoms with van der Waals surface area (Å²) in [5.74, 6) is -1.99. The normalized spacial score (nSPS) is 15.5. The van der Waals surface area contributed by atoms with Crippen molar-refractivity contribution < 1.29 is 26.5 Å². The fourth-order valence-electron chi connectivity index (χ4n) is 3.89. The summed E-state index contributed by atoms with van der Waals surface area (Å²) in [5.41, 5.74) is 0.464. The molecule has 0 radical (unpaired) electrons. The fraction of sp³-hybridized carbons (Fsp3) is 0.250. The molecule has 1 aliphatic rings. The zero-order valence-corrected chi connectivity index (χ0v) is 20.2. The molecule has 4 rings (SSSR count). The molecular weight excluding hydrogens is 500 g/mol. The third-order valence-corrected chi connectivity index (χ3v) is 8.06. The van der Waals surface area contributed by atoms with Gasteiger partial charge < -0.3 is 9.84 Å². The van der Waals surface area contributed by atoms with Gasteiger partial charge in [-0.2, -0.15) is 4.31 Å². The van der Waals surface area contributed by atoms with E-state index in [0.717, 1.165) is 6.07 Å². The van der Waals surface area contributed by atoms with Crippen LogP contribution in [0.3, 0.4) is 0 Å². The van der Waals surface area contributed by atoms with Gasteiger partial charge in [0, 0.05) is 29.6 Å². The number of sulfonamides is 1. The van der Waals surface area contributed by atoms with Crippen molar-refractivity contribution in [2.24, 2.45) is 5.92 Å². The van der Waals surface area contributed by atoms with Crippen LogP contribution in [0.25, 0.3) is 12.2 Å². The second kappa shape index (κ2) is 10.3. The van der Waals surface area contributed by atoms with Crippen molar-refractivity contribution in [2.45, 2.75) is 24.7 Å². The molecule has 3 aromatic rings. The molecule has 0 aliphatic carbocycles. The third kappa shape index (κ3) is 5.44. The Bertz CT molecular complexity index is 1380. The molecule has 0 spiro atoms. The third-order valence-electron chi connectivity index (χ3n) is 5.76. The second-order valence-electron chi connectivity index (χ2n) is 8.11. The van der Waals surface area contributed by atoms with Crippen molar-refractivity contribution in [1.82, 2.24) is 9.46 Å². The Morgan fingerprint density at radius 2 is 1.86 bits per heavy atom. The number of aromatic nitrogens is 1. The van der Waals surface area contributed by atoms with Crippen LogP contribution >= 0.6 is 11.6 Å². The molecule has 1 aromatic heterocycles. The molecule has 7 nitrogen and oxygen atoms in total. The van der Waals surface area contributed by atoms with E-state index in [-0.39, 0.29) is 58.6 Å². The Morgan fingerprint density at radius 3 is 2.54 bits per heavy atom. The zero-order chi connectivity index (χ0) is 25.2. The average Bonchev–Trinajstić information content (AvgIpc) is 3.21. The number of anilines is 1. The monoisotopic (exact) mass is 521 g/mol. The Hall–Kier alpha value is -3.08. The first kappa shape index (κ1) is 25.0. The topological polar surface area (TPSA) is 92.5 Å². The lowest BCUT2D eigenvalue weighted by atomic mass is 9.97. The number of halogens is 3. The molecule has 35 heavy (non-hydrogen) atoms. The van der Waals surface area contributed by atoms with Crippen LogP contribution in [0.15, 0.2) is 51.9 Å². The Morgan fingerprint density at radius 1 is 1.14 bits per heavy atom. The van der Waals surface area contributed by atoms with E-state index in [1.165, 1.54) is 41.6 Å². The van der Waals surface area contributed by atoms with Gasteiger partial charge in [0.2, 0.25) is 15.9 Å². The number of piperidine rings is 1. The summed E-state index contributed by atoms with van der Waals surface area (Å²) in [6.07, 6.45) is 3.29. The lowest BCUT2D eigenvalue weighted by Crippen LogP contribution is -2.41. The molecule has 2 heterocycles. The molecule has 0 unspecified atom stereocenters. The summed E-state index contributed by atoms with van der Waals surface area (Å²) in [6, 6.07) is 10.0. The largest absolute Gasteiger partial charge is 0.355 e. The van der Waals surface area contributed by atoms with Gasteiger partial charge >= 0.3 is 0 Å². The Labute approximate surface area is 206 Å². The molecule has 1 saturated heterocycles. The van der Waals surface area contributed by atoms with Crippen molar-refractivity contribution >= 4 is 45.4 Å². The van der Waals surface area contributed by atoms with Gasteiger partial charge in [-0.15, -0.1) is 0 Å². The molecular formula is C24H22ClF2N3O4S. The van der Waals surface area contributed by atoms with Crippen LogP contribution in [0.4, 0.5) is 14.5 Å². The van der Waals surface area contributed by atoms with Crippen LogP contribution in [0.1, 0.15) is 29.9 Å². The fourth-order valence-corrected chi connectivity index (χ4v) is 5.77. The summed E-state index contributed by atoms with van der Waals surface area (Å²) in [4.78, 5) is 12.5. The molecule has 1 fully saturated rings. The first-order valence-electron chi connectivity index (χ1n) is 10.8. The van der Waals surface area contributed by atoms with Crippen LogP contribution < -0.4 is 5.32 Å². The van der Waals surface area contributed by atoms with Gasteiger partial charge in [-0.1, -0.05) is 35.0 Å². The number of carbonyl (C=O) groups is 1. The minimum Gasteiger partial charge on any atom is -0.355 e. The smallest absolute Gasteiger partial charge is 0.248 e. The molecule has 1 amide bonds. The summed E-state index contributed by atoms with van der Waals surface area (Å²) in [7, 11) is -3.99. The molecule has 0 atom stereocenters. The van der Waals surface area contributed by atoms with Crippen molar-refractivity contribution in [2.75, 3.05) is 18.4 Å². The minimum absolute atomic E-state index is 0.0103. The highest BCUT2D eigenvalue weighted by molar-refractivity contribution is 7.89. The predicted molar refractivity (Wildman–Crippen MR) is 128 cm³/mol. The number of aryl methyl sites for hydroxylation is 1. The van der Waals surface area contributed by atoms with E-state index >= 15 is 0 Å². The zero-order valence-electron chi connectivity index (χ0n) is 18.7. The number of nitrogens with zero attached hydrogens (tertiary/aromatic N) is 2. The van der Waals surface area contributed by atoms with E-state index in [2.05, 4.69) is 10.5 Å². The summed E-state index contributed by atoms with van der Waals surface area (Å²) < 4.78 is 61.1. The summed E-state index contributed by atoms with van der Waals surface area (Å²) in [6.45, 7) is 1.69. The van der Waals surface area contributed by atoms with Gasteiger partial charge in [0.15, 0.2) is 10.7 Å². The number of benzene rings is 2. The van der Waals surface area contributed by atoms with Crippen LogP contribution in [0, 0.1) is 24.5 Å². The van der Waals surface area contributed by atoms with E-state index in [0.29, 0.717) is 0 Å². The molecule has 1 N–H and O–H groups in total. The molecule has 2 aromatic carbocycles. The number of nitrogens with one attached hydrogen (secondary N) is 1. The van der Waals surface area contributed by atoms with Crippen LogP contribution in [-0.4, -0.2) is 36.9 Å². The predicted octanol–water partition coefficient (Wildman–Crippen LogP) is 5.12. The second-order valence-corrected chi connectivity index (χ2v) is 10.4. The van der Waals surface area contributed by atoms with E-state index in [4.69, 9.17) is 16.1 Å². The molecule has 0 saturated carbocycles. The minimum atomic E-state index is -3.99. The van der Waals surface area contributed by atoms with Gasteiger partial charge in [0.1, 0.15) is 17.3 Å². The first-order valence-corrected chi connectivity index (χ1v) is 12.6. The highest BCUT2D eigenvalue weighted by Crippen LogP contribution is 2.30. The number of hydrogen-bond donors (Lipinski definition) is 1. The van der Waals surface area contributed by atoms with Gasteiger partial charge in [-0.25, -0.2) is 17.2 Å². The van der Waals surface area contributed by atoms with Crippen LogP contribution in [0.5, 0.6) is 0 Å². The summed E-state index contributed by atoms with van der Waals surface area (Å²) in [5, 5.41) is 6.53. The highest BCUT2D eigenvalue weighted by Gasteiger charge is 2.36. The standard InChI is InChI=1S/C24H22ClF2N3O4S/c1-15-23(22(34-29-15)9-6-16-4-2-3-5-19(16)26)35(32,33)30-12-10-17(11-13-30)24(31)28-21-8-7-18(25)14-20(21)27/h2-9,14,17H,10-13H2,1H3,(H,28,31). The summed E-state index contributed by atoms with van der Waals surface area (Å²) >= 11 is 5.74. The SMILES string of the molecule is Cc1noc(C=Cc2ccccc2F)c1S(=O)(=O)N1CCC(C(=O)Nc2ccc(Cl)cc2F)CC1. The van der Waals surface area contributed by atoms with Gasteiger partial charge in [-0.05, 0) is 56.2 Å². The molecule has 1 aliphatic heterocycles. The van der Waals surface area contributed by atoms with Gasteiger partial charge in [-0.3, -0.25) is 4.79 Å². The lowest BCUT2D eigenvalue weighted by molar-refractivity contribution is -0.120. The first-order chi connectivity index (χ1) is 16.7. The van der Waals surface area contributed by atoms with E-state index in [1.807, 2.05) is 0 Å². The van der Waals surface area contributed by atoms with Crippen molar-refractivity contribution in [1.29, 1.82) is 0 Å². The number of hydrogen-bond acceptors (Lipinski definition) is 5. The average molecular weight is 522 g/mol. The van der Waals surface area contributed by atoms with E-state index < -0.39 is 33.5 Å². The maximum Gasteiger partial charge on any atom is 0.248 e. The number of amides is 1. The van der Waals surface area contributed by atoms with E-state index in [1.54, 1.807) is 18.2 Å². The maximum atomic E-state index is 14.0. The highest BCUT2D eigenvalue weighted by atomic mass is 35.5. The Balaban J connectivity index is 1.46. The molecule has 184 valence electrons. The Kier molecular flexibility index (Phi) is 7.34. The quantitative estimate of drug-likeness (QED) is 0.486. The van der Waals surface area contributed by atoms with E-state index in [9.17, 15) is 22.0 Å². The molecule has 0 bridgehead atoms. The lowest BCUT2D eigenvalue weighted by Gasteiger charge is -2.30. The van der Waals surface area contributed by atoms with Gasteiger partial charge in [0.05, 0.1) is 5.69 Å². The maximum absolute atomic E-state index is 14.0. The van der Waals surface area contributed by atoms with Crippen molar-refractivity contribution in [3.05, 3.63) is 76.1 Å². The van der Waals surface area contributed by atoms with Gasteiger partial charge in [0.25, 0.3) is 0 Å². The van der Waals surface area contributed by atoms with Crippen molar-refractivity contribution in [3.8, 4) is 0 Å². The number of rotatable bonds is 6. The molecule has 11 heteroatoms.